The minimum absolute atomic E-state index is 0.0881. The average Bonchev–Trinajstić information content (AvgIpc) is 3.07. The summed E-state index contributed by atoms with van der Waals surface area (Å²) < 4.78 is 24.4. The van der Waals surface area contributed by atoms with E-state index in [0.717, 1.165) is 22.2 Å². The van der Waals surface area contributed by atoms with Gasteiger partial charge in [-0.3, -0.25) is 4.99 Å². The van der Waals surface area contributed by atoms with Crippen molar-refractivity contribution in [3.05, 3.63) is 64.7 Å². The zero-order chi connectivity index (χ0) is 19.2. The molecule has 0 aliphatic carbocycles. The minimum Gasteiger partial charge on any atom is -0.315 e. The Morgan fingerprint density at radius 2 is 1.85 bits per heavy atom. The van der Waals surface area contributed by atoms with Gasteiger partial charge in [0.15, 0.2) is 15.0 Å². The molecule has 4 nitrogen and oxygen atoms in total. The molecule has 0 radical (unpaired) electrons. The highest BCUT2D eigenvalue weighted by atomic mass is 32.2. The molecule has 0 saturated carbocycles. The number of amidine groups is 1. The Hall–Kier alpha value is -1.79. The molecule has 0 spiro atoms. The summed E-state index contributed by atoms with van der Waals surface area (Å²) in [7, 11) is -3.02. The van der Waals surface area contributed by atoms with Crippen molar-refractivity contribution in [2.75, 3.05) is 16.4 Å². The third-order valence-electron chi connectivity index (χ3n) is 5.35. The molecule has 4 rings (SSSR count). The molecule has 2 aromatic rings. The molecule has 2 aromatic carbocycles. The summed E-state index contributed by atoms with van der Waals surface area (Å²) in [6.45, 7) is 6.27. The average molecular weight is 401 g/mol. The van der Waals surface area contributed by atoms with Gasteiger partial charge in [0.2, 0.25) is 0 Å². The van der Waals surface area contributed by atoms with Crippen LogP contribution in [0.5, 0.6) is 0 Å². The van der Waals surface area contributed by atoms with Crippen LogP contribution >= 0.6 is 11.8 Å². The van der Waals surface area contributed by atoms with Crippen molar-refractivity contribution in [1.82, 2.24) is 0 Å². The van der Waals surface area contributed by atoms with Crippen LogP contribution in [-0.2, 0) is 15.6 Å². The summed E-state index contributed by atoms with van der Waals surface area (Å²) in [5, 5.41) is 0.942. The topological polar surface area (TPSA) is 49.7 Å². The lowest BCUT2D eigenvalue weighted by Crippen LogP contribution is -2.39. The van der Waals surface area contributed by atoms with Crippen LogP contribution in [0.25, 0.3) is 0 Å². The van der Waals surface area contributed by atoms with Crippen LogP contribution in [0, 0.1) is 20.8 Å². The maximum atomic E-state index is 12.2. The van der Waals surface area contributed by atoms with Crippen LogP contribution in [0.2, 0.25) is 0 Å². The standard InChI is InChI=1S/C21H24N2O2S2/c1-14-8-9-16(3)19(10-14)23-20-13-27(24,25)12-18(20)22-21(23)26-11-17-7-5-4-6-15(17)2/h4-10,18,20H,11-13H2,1-3H3/t18-,20+/m1/s1. The summed E-state index contributed by atoms with van der Waals surface area (Å²) in [4.78, 5) is 7.03. The van der Waals surface area contributed by atoms with Gasteiger partial charge in [0.25, 0.3) is 0 Å². The Bertz CT molecular complexity index is 1010. The number of aliphatic imine (C=N–C) groups is 1. The summed E-state index contributed by atoms with van der Waals surface area (Å²) in [5.74, 6) is 1.18. The third kappa shape index (κ3) is 3.65. The Labute approximate surface area is 165 Å². The van der Waals surface area contributed by atoms with Gasteiger partial charge < -0.3 is 4.90 Å². The zero-order valence-electron chi connectivity index (χ0n) is 15.8. The van der Waals surface area contributed by atoms with Crippen molar-refractivity contribution < 1.29 is 8.42 Å². The van der Waals surface area contributed by atoms with Gasteiger partial charge in [0, 0.05) is 11.4 Å². The predicted molar refractivity (Wildman–Crippen MR) is 115 cm³/mol. The molecular formula is C21H24N2O2S2. The Morgan fingerprint density at radius 3 is 2.63 bits per heavy atom. The van der Waals surface area contributed by atoms with Gasteiger partial charge in [-0.25, -0.2) is 8.42 Å². The number of rotatable bonds is 3. The number of hydrogen-bond donors (Lipinski definition) is 0. The summed E-state index contributed by atoms with van der Waals surface area (Å²) in [5.41, 5.74) is 5.95. The van der Waals surface area contributed by atoms with Crippen LogP contribution in [0.1, 0.15) is 22.3 Å². The first kappa shape index (κ1) is 18.6. The first-order chi connectivity index (χ1) is 12.8. The normalized spacial score (nSPS) is 23.4. The van der Waals surface area contributed by atoms with Gasteiger partial charge in [0.1, 0.15) is 0 Å². The van der Waals surface area contributed by atoms with Crippen molar-refractivity contribution in [2.24, 2.45) is 4.99 Å². The van der Waals surface area contributed by atoms with Crippen molar-refractivity contribution in [2.45, 2.75) is 38.6 Å². The molecule has 1 fully saturated rings. The zero-order valence-corrected chi connectivity index (χ0v) is 17.5. The van der Waals surface area contributed by atoms with Crippen LogP contribution in [0.3, 0.4) is 0 Å². The summed E-state index contributed by atoms with van der Waals surface area (Å²) in [6.07, 6.45) is 0. The quantitative estimate of drug-likeness (QED) is 0.784. The molecular weight excluding hydrogens is 376 g/mol. The Balaban J connectivity index is 1.68. The van der Waals surface area contributed by atoms with E-state index in [1.807, 2.05) is 6.07 Å². The van der Waals surface area contributed by atoms with Crippen LogP contribution in [0.4, 0.5) is 5.69 Å². The van der Waals surface area contributed by atoms with E-state index in [-0.39, 0.29) is 23.6 Å². The molecule has 0 bridgehead atoms. The first-order valence-corrected chi connectivity index (χ1v) is 12.0. The molecule has 2 atom stereocenters. The largest absolute Gasteiger partial charge is 0.315 e. The number of aryl methyl sites for hydroxylation is 3. The van der Waals surface area contributed by atoms with E-state index in [4.69, 9.17) is 4.99 Å². The number of hydrogen-bond acceptors (Lipinski definition) is 5. The van der Waals surface area contributed by atoms with Crippen molar-refractivity contribution in [3.63, 3.8) is 0 Å². The van der Waals surface area contributed by atoms with Gasteiger partial charge >= 0.3 is 0 Å². The maximum Gasteiger partial charge on any atom is 0.164 e. The number of thioether (sulfide) groups is 1. The predicted octanol–water partition coefficient (Wildman–Crippen LogP) is 3.89. The van der Waals surface area contributed by atoms with Crippen molar-refractivity contribution in [3.8, 4) is 0 Å². The lowest BCUT2D eigenvalue weighted by atomic mass is 10.1. The molecule has 0 amide bonds. The second kappa shape index (κ2) is 6.99. The molecule has 0 unspecified atom stereocenters. The van der Waals surface area contributed by atoms with Gasteiger partial charge in [-0.15, -0.1) is 0 Å². The number of anilines is 1. The fourth-order valence-electron chi connectivity index (χ4n) is 3.81. The van der Waals surface area contributed by atoms with Crippen LogP contribution in [0.15, 0.2) is 47.5 Å². The molecule has 0 aromatic heterocycles. The van der Waals surface area contributed by atoms with Crippen molar-refractivity contribution in [1.29, 1.82) is 0 Å². The molecule has 2 heterocycles. The van der Waals surface area contributed by atoms with E-state index in [0.29, 0.717) is 0 Å². The van der Waals surface area contributed by atoms with E-state index >= 15 is 0 Å². The highest BCUT2D eigenvalue weighted by molar-refractivity contribution is 8.13. The third-order valence-corrected chi connectivity index (χ3v) is 8.06. The van der Waals surface area contributed by atoms with Crippen LogP contribution < -0.4 is 4.90 Å². The highest BCUT2D eigenvalue weighted by Gasteiger charge is 2.47. The molecule has 6 heteroatoms. The molecule has 2 aliphatic heterocycles. The lowest BCUT2D eigenvalue weighted by molar-refractivity contribution is 0.601. The van der Waals surface area contributed by atoms with Gasteiger partial charge in [0.05, 0.1) is 23.6 Å². The van der Waals surface area contributed by atoms with E-state index in [9.17, 15) is 8.42 Å². The molecule has 27 heavy (non-hydrogen) atoms. The van der Waals surface area contributed by atoms with Crippen molar-refractivity contribution >= 4 is 32.5 Å². The minimum atomic E-state index is -3.02. The number of nitrogens with zero attached hydrogens (tertiary/aromatic N) is 2. The van der Waals surface area contributed by atoms with Gasteiger partial charge in [-0.2, -0.15) is 0 Å². The Morgan fingerprint density at radius 1 is 1.07 bits per heavy atom. The Kier molecular flexibility index (Phi) is 4.80. The van der Waals surface area contributed by atoms with Gasteiger partial charge in [-0.1, -0.05) is 48.2 Å². The van der Waals surface area contributed by atoms with Gasteiger partial charge in [-0.05, 0) is 49.1 Å². The second-order valence-electron chi connectivity index (χ2n) is 7.50. The SMILES string of the molecule is Cc1ccc(C)c(N2C(SCc3ccccc3C)=N[C@@H]3CS(=O)(=O)C[C@@H]32)c1. The maximum absolute atomic E-state index is 12.2. The summed E-state index contributed by atoms with van der Waals surface area (Å²) in [6, 6.07) is 14.5. The van der Waals surface area contributed by atoms with E-state index in [2.05, 4.69) is 62.1 Å². The fourth-order valence-corrected chi connectivity index (χ4v) is 6.84. The monoisotopic (exact) mass is 400 g/mol. The van der Waals surface area contributed by atoms with E-state index in [1.54, 1.807) is 11.8 Å². The molecule has 1 saturated heterocycles. The van der Waals surface area contributed by atoms with Crippen LogP contribution in [-0.4, -0.2) is 37.2 Å². The number of benzene rings is 2. The van der Waals surface area contributed by atoms with E-state index < -0.39 is 9.84 Å². The lowest BCUT2D eigenvalue weighted by Gasteiger charge is -2.28. The van der Waals surface area contributed by atoms with E-state index in [1.165, 1.54) is 16.7 Å². The summed E-state index contributed by atoms with van der Waals surface area (Å²) >= 11 is 1.71. The smallest absolute Gasteiger partial charge is 0.164 e. The molecule has 142 valence electrons. The molecule has 2 aliphatic rings. The highest BCUT2D eigenvalue weighted by Crippen LogP contribution is 2.37. The molecule has 0 N–H and O–H groups in total. The number of fused-ring (bicyclic) bond motifs is 1. The number of sulfone groups is 1. The second-order valence-corrected chi connectivity index (χ2v) is 10.6. The first-order valence-electron chi connectivity index (χ1n) is 9.16. The fraction of sp³-hybridized carbons (Fsp3) is 0.381.